The number of carbonyl (C=O) groups is 1. The summed E-state index contributed by atoms with van der Waals surface area (Å²) in [4.78, 5) is 19.1. The summed E-state index contributed by atoms with van der Waals surface area (Å²) in [7, 11) is 3.52. The normalized spacial score (nSPS) is 22.4. The second-order valence-electron chi connectivity index (χ2n) is 8.38. The molecule has 1 aliphatic carbocycles. The van der Waals surface area contributed by atoms with Crippen LogP contribution in [0.25, 0.3) is 0 Å². The van der Waals surface area contributed by atoms with Crippen LogP contribution in [0.1, 0.15) is 45.4 Å². The first-order chi connectivity index (χ1) is 11.9. The molecule has 2 fully saturated rings. The van der Waals surface area contributed by atoms with Crippen LogP contribution in [0.3, 0.4) is 0 Å². The van der Waals surface area contributed by atoms with Gasteiger partial charge >= 0.3 is 5.97 Å². The molecule has 1 aliphatic heterocycles. The fraction of sp³-hybridized carbons (Fsp3) is 0.789. The Balaban J connectivity index is 1.69. The Bertz CT molecular complexity index is 604. The Morgan fingerprint density at radius 2 is 2.20 bits per heavy atom. The summed E-state index contributed by atoms with van der Waals surface area (Å²) >= 11 is 0. The summed E-state index contributed by atoms with van der Waals surface area (Å²) in [6.07, 6.45) is 8.45. The lowest BCUT2D eigenvalue weighted by atomic mass is 9.89. The third-order valence-electron chi connectivity index (χ3n) is 6.21. The van der Waals surface area contributed by atoms with Gasteiger partial charge in [0, 0.05) is 32.0 Å². The summed E-state index contributed by atoms with van der Waals surface area (Å²) in [5, 5.41) is 3.48. The fourth-order valence-corrected chi connectivity index (χ4v) is 4.18. The number of hydrogen-bond acceptors (Lipinski definition) is 5. The molecule has 1 unspecified atom stereocenters. The van der Waals surface area contributed by atoms with Gasteiger partial charge in [-0.15, -0.1) is 0 Å². The van der Waals surface area contributed by atoms with Crippen LogP contribution in [0.4, 0.5) is 0 Å². The molecule has 6 heteroatoms. The molecule has 0 radical (unpaired) electrons. The summed E-state index contributed by atoms with van der Waals surface area (Å²) in [5.74, 6) is 0.962. The molecule has 2 aliphatic rings. The van der Waals surface area contributed by atoms with Gasteiger partial charge < -0.3 is 14.6 Å². The van der Waals surface area contributed by atoms with Gasteiger partial charge in [-0.1, -0.05) is 0 Å². The molecule has 0 amide bonds. The minimum Gasteiger partial charge on any atom is -0.469 e. The van der Waals surface area contributed by atoms with E-state index in [1.807, 2.05) is 33.3 Å². The number of nitrogens with zero attached hydrogens (tertiary/aromatic N) is 3. The molecule has 1 saturated heterocycles. The van der Waals surface area contributed by atoms with Crippen LogP contribution in [0, 0.1) is 10.8 Å². The van der Waals surface area contributed by atoms with Gasteiger partial charge in [-0.3, -0.25) is 9.69 Å². The van der Waals surface area contributed by atoms with E-state index in [0.29, 0.717) is 11.5 Å². The molecule has 0 bridgehead atoms. The van der Waals surface area contributed by atoms with Gasteiger partial charge in [-0.25, -0.2) is 4.98 Å². The number of rotatable bonds is 7. The standard InChI is InChI=1S/C19H32N4O2/c1-18(2,17(24)25-4)7-11-23(14-16-21-10-12-22(16)3)15-13-19(15)5-8-20-9-6-19/h10,12,15,20H,5-9,11,13-14H2,1-4H3. The van der Waals surface area contributed by atoms with Gasteiger partial charge in [0.25, 0.3) is 0 Å². The highest BCUT2D eigenvalue weighted by molar-refractivity contribution is 5.75. The Labute approximate surface area is 150 Å². The molecular weight excluding hydrogens is 316 g/mol. The number of nitrogens with one attached hydrogen (secondary N) is 1. The van der Waals surface area contributed by atoms with Crippen molar-refractivity contribution in [2.24, 2.45) is 17.9 Å². The van der Waals surface area contributed by atoms with Gasteiger partial charge in [-0.2, -0.15) is 0 Å². The van der Waals surface area contributed by atoms with Crippen molar-refractivity contribution < 1.29 is 9.53 Å². The van der Waals surface area contributed by atoms with Gasteiger partial charge in [0.1, 0.15) is 5.82 Å². The molecule has 1 spiro atoms. The van der Waals surface area contributed by atoms with Crippen LogP contribution in [-0.4, -0.2) is 53.2 Å². The van der Waals surface area contributed by atoms with Gasteiger partial charge in [-0.05, 0) is 58.0 Å². The highest BCUT2D eigenvalue weighted by Gasteiger charge is 2.56. The number of ether oxygens (including phenoxy) is 1. The molecule has 1 saturated carbocycles. The second kappa shape index (κ2) is 7.08. The number of esters is 1. The Morgan fingerprint density at radius 1 is 1.48 bits per heavy atom. The molecular formula is C19H32N4O2. The van der Waals surface area contributed by atoms with Crippen LogP contribution in [0.15, 0.2) is 12.4 Å². The largest absolute Gasteiger partial charge is 0.469 e. The van der Waals surface area contributed by atoms with Crippen molar-refractivity contribution in [2.45, 2.75) is 52.1 Å². The number of aryl methyl sites for hydroxylation is 1. The Morgan fingerprint density at radius 3 is 2.80 bits per heavy atom. The molecule has 1 N–H and O–H groups in total. The number of carbonyl (C=O) groups excluding carboxylic acids is 1. The van der Waals surface area contributed by atoms with E-state index < -0.39 is 5.41 Å². The zero-order chi connectivity index (χ0) is 18.1. The first-order valence-corrected chi connectivity index (χ1v) is 9.37. The Kier molecular flexibility index (Phi) is 5.21. The van der Waals surface area contributed by atoms with Gasteiger partial charge in [0.2, 0.25) is 0 Å². The maximum Gasteiger partial charge on any atom is 0.311 e. The summed E-state index contributed by atoms with van der Waals surface area (Å²) in [6.45, 7) is 7.95. The van der Waals surface area contributed by atoms with Gasteiger partial charge in [0.05, 0.1) is 19.1 Å². The minimum atomic E-state index is -0.454. The number of imidazole rings is 1. The lowest BCUT2D eigenvalue weighted by molar-refractivity contribution is -0.151. The second-order valence-corrected chi connectivity index (χ2v) is 8.38. The molecule has 0 aromatic carbocycles. The zero-order valence-electron chi connectivity index (χ0n) is 16.0. The van der Waals surface area contributed by atoms with Crippen molar-refractivity contribution in [1.29, 1.82) is 0 Å². The minimum absolute atomic E-state index is 0.128. The van der Waals surface area contributed by atoms with Crippen molar-refractivity contribution in [2.75, 3.05) is 26.7 Å². The van der Waals surface area contributed by atoms with E-state index in [4.69, 9.17) is 4.74 Å². The smallest absolute Gasteiger partial charge is 0.311 e. The van der Waals surface area contributed by atoms with Crippen molar-refractivity contribution in [3.63, 3.8) is 0 Å². The Hall–Kier alpha value is -1.40. The van der Waals surface area contributed by atoms with Crippen molar-refractivity contribution in [1.82, 2.24) is 19.8 Å². The molecule has 25 heavy (non-hydrogen) atoms. The molecule has 140 valence electrons. The molecule has 1 atom stereocenters. The van der Waals surface area contributed by atoms with E-state index >= 15 is 0 Å². The SMILES string of the molecule is COC(=O)C(C)(C)CCN(Cc1nccn1C)C1CC12CCNCC2. The average Bonchev–Trinajstić information content (AvgIpc) is 3.12. The first kappa shape index (κ1) is 18.4. The molecule has 1 aromatic rings. The predicted octanol–water partition coefficient (Wildman–Crippen LogP) is 1.95. The maximum atomic E-state index is 12.0. The van der Waals surface area contributed by atoms with Crippen LogP contribution in [-0.2, 0) is 23.1 Å². The molecule has 3 rings (SSSR count). The average molecular weight is 348 g/mol. The number of aromatic nitrogens is 2. The molecule has 2 heterocycles. The molecule has 1 aromatic heterocycles. The lowest BCUT2D eigenvalue weighted by Gasteiger charge is -2.31. The van der Waals surface area contributed by atoms with Crippen molar-refractivity contribution >= 4 is 5.97 Å². The number of hydrogen-bond donors (Lipinski definition) is 1. The van der Waals surface area contributed by atoms with Crippen LogP contribution in [0.5, 0.6) is 0 Å². The maximum absolute atomic E-state index is 12.0. The van der Waals surface area contributed by atoms with Crippen molar-refractivity contribution in [3.8, 4) is 0 Å². The van der Waals surface area contributed by atoms with E-state index in [0.717, 1.165) is 38.4 Å². The summed E-state index contributed by atoms with van der Waals surface area (Å²) < 4.78 is 7.07. The highest BCUT2D eigenvalue weighted by Crippen LogP contribution is 2.56. The highest BCUT2D eigenvalue weighted by atomic mass is 16.5. The number of piperidine rings is 1. The predicted molar refractivity (Wildman–Crippen MR) is 97.0 cm³/mol. The quantitative estimate of drug-likeness (QED) is 0.763. The van der Waals surface area contributed by atoms with E-state index in [-0.39, 0.29) is 5.97 Å². The van der Waals surface area contributed by atoms with E-state index in [2.05, 4.69) is 19.8 Å². The fourth-order valence-electron chi connectivity index (χ4n) is 4.18. The third kappa shape index (κ3) is 3.90. The monoisotopic (exact) mass is 348 g/mol. The van der Waals surface area contributed by atoms with E-state index in [1.54, 1.807) is 0 Å². The van der Waals surface area contributed by atoms with Crippen LogP contribution in [0.2, 0.25) is 0 Å². The van der Waals surface area contributed by atoms with Gasteiger partial charge in [0.15, 0.2) is 0 Å². The number of methoxy groups -OCH3 is 1. The topological polar surface area (TPSA) is 59.4 Å². The first-order valence-electron chi connectivity index (χ1n) is 9.37. The molecule has 6 nitrogen and oxygen atoms in total. The van der Waals surface area contributed by atoms with Crippen LogP contribution < -0.4 is 5.32 Å². The summed E-state index contributed by atoms with van der Waals surface area (Å²) in [6, 6.07) is 0.611. The van der Waals surface area contributed by atoms with Crippen molar-refractivity contribution in [3.05, 3.63) is 18.2 Å². The summed E-state index contributed by atoms with van der Waals surface area (Å²) in [5.41, 5.74) is 0.0244. The zero-order valence-corrected chi connectivity index (χ0v) is 16.0. The lowest BCUT2D eigenvalue weighted by Crippen LogP contribution is -2.39. The van der Waals surface area contributed by atoms with E-state index in [9.17, 15) is 4.79 Å². The third-order valence-corrected chi connectivity index (χ3v) is 6.21. The van der Waals surface area contributed by atoms with Crippen LogP contribution >= 0.6 is 0 Å². The van der Waals surface area contributed by atoms with E-state index in [1.165, 1.54) is 26.4 Å².